The average Bonchev–Trinajstić information content (AvgIpc) is 2.76. The van der Waals surface area contributed by atoms with Crippen molar-refractivity contribution in [2.45, 2.75) is 38.3 Å². The largest absolute Gasteiger partial charge is 0.493 e. The maximum atomic E-state index is 12.5. The highest BCUT2D eigenvalue weighted by molar-refractivity contribution is 5.86. The van der Waals surface area contributed by atoms with Gasteiger partial charge in [-0.25, -0.2) is 4.79 Å². The van der Waals surface area contributed by atoms with E-state index in [-0.39, 0.29) is 24.2 Å². The molecule has 1 aliphatic heterocycles. The molecule has 32 heavy (non-hydrogen) atoms. The Morgan fingerprint density at radius 1 is 1.19 bits per heavy atom. The number of fused-ring (bicyclic) bond motifs is 1. The highest BCUT2D eigenvalue weighted by Gasteiger charge is 2.29. The first kappa shape index (κ1) is 21.9. The minimum Gasteiger partial charge on any atom is -0.493 e. The Kier molecular flexibility index (Phi) is 6.19. The van der Waals surface area contributed by atoms with Gasteiger partial charge < -0.3 is 23.9 Å². The quantitative estimate of drug-likeness (QED) is 0.588. The molecule has 7 heteroatoms. The number of carbonyl (C=O) groups is 1. The molecule has 1 aromatic heterocycles. The Labute approximate surface area is 186 Å². The van der Waals surface area contributed by atoms with E-state index in [0.29, 0.717) is 34.8 Å². The summed E-state index contributed by atoms with van der Waals surface area (Å²) in [6, 6.07) is 14.3. The molecule has 1 N–H and O–H groups in total. The third-order valence-corrected chi connectivity index (χ3v) is 5.54. The monoisotopic (exact) mass is 437 g/mol. The molecule has 1 saturated heterocycles. The molecule has 0 bridgehead atoms. The van der Waals surface area contributed by atoms with Gasteiger partial charge in [0, 0.05) is 18.0 Å². The fourth-order valence-electron chi connectivity index (χ4n) is 3.98. The summed E-state index contributed by atoms with van der Waals surface area (Å²) < 4.78 is 22.1. The van der Waals surface area contributed by atoms with Crippen molar-refractivity contribution < 1.29 is 23.4 Å². The lowest BCUT2D eigenvalue weighted by molar-refractivity contribution is -0.126. The van der Waals surface area contributed by atoms with E-state index in [4.69, 9.17) is 18.6 Å². The fourth-order valence-corrected chi connectivity index (χ4v) is 3.98. The van der Waals surface area contributed by atoms with Crippen LogP contribution in [0.25, 0.3) is 22.1 Å². The third-order valence-electron chi connectivity index (χ3n) is 5.54. The number of para-hydroxylation sites is 1. The summed E-state index contributed by atoms with van der Waals surface area (Å²) in [6.07, 6.45) is 1.57. The van der Waals surface area contributed by atoms with Crippen LogP contribution < -0.4 is 20.4 Å². The van der Waals surface area contributed by atoms with Crippen molar-refractivity contribution in [2.24, 2.45) is 0 Å². The molecule has 2 heterocycles. The van der Waals surface area contributed by atoms with E-state index >= 15 is 0 Å². The van der Waals surface area contributed by atoms with Crippen molar-refractivity contribution in [3.63, 3.8) is 0 Å². The molecule has 0 aliphatic carbocycles. The van der Waals surface area contributed by atoms with Gasteiger partial charge in [-0.05, 0) is 56.5 Å². The number of hydrogen-bond acceptors (Lipinski definition) is 6. The molecular formula is C25H27NO6. The number of nitrogens with one attached hydrogen (secondary N) is 1. The van der Waals surface area contributed by atoms with Gasteiger partial charge in [0.2, 0.25) is 0 Å². The Balaban J connectivity index is 1.41. The van der Waals surface area contributed by atoms with Crippen LogP contribution in [0.2, 0.25) is 0 Å². The summed E-state index contributed by atoms with van der Waals surface area (Å²) in [7, 11) is 1.53. The van der Waals surface area contributed by atoms with Crippen molar-refractivity contribution in [1.82, 2.24) is 5.32 Å². The van der Waals surface area contributed by atoms with Gasteiger partial charge in [-0.3, -0.25) is 4.79 Å². The Hall–Kier alpha value is -3.32. The van der Waals surface area contributed by atoms with Gasteiger partial charge in [0.05, 0.1) is 18.3 Å². The normalized spacial score (nSPS) is 17.7. The number of rotatable bonds is 6. The van der Waals surface area contributed by atoms with Crippen LogP contribution in [0.3, 0.4) is 0 Å². The van der Waals surface area contributed by atoms with Gasteiger partial charge in [-0.15, -0.1) is 0 Å². The molecule has 1 aliphatic rings. The third kappa shape index (κ3) is 4.94. The van der Waals surface area contributed by atoms with E-state index in [1.807, 2.05) is 26.0 Å². The molecule has 1 amide bonds. The van der Waals surface area contributed by atoms with Crippen LogP contribution in [-0.4, -0.2) is 37.9 Å². The average molecular weight is 437 g/mol. The molecule has 1 fully saturated rings. The molecule has 4 rings (SSSR count). The number of benzene rings is 2. The Morgan fingerprint density at radius 2 is 1.97 bits per heavy atom. The molecule has 7 nitrogen and oxygen atoms in total. The second-order valence-corrected chi connectivity index (χ2v) is 8.50. The number of carbonyl (C=O) groups excluding carboxylic acids is 1. The molecule has 1 atom stereocenters. The topological polar surface area (TPSA) is 87.0 Å². The van der Waals surface area contributed by atoms with Crippen molar-refractivity contribution >= 4 is 16.9 Å². The number of hydrogen-bond donors (Lipinski definition) is 1. The minimum atomic E-state index is -0.450. The molecule has 168 valence electrons. The molecule has 3 aromatic rings. The number of ether oxygens (including phenoxy) is 3. The molecular weight excluding hydrogens is 410 g/mol. The van der Waals surface area contributed by atoms with Crippen molar-refractivity contribution in [3.8, 4) is 22.6 Å². The van der Waals surface area contributed by atoms with Gasteiger partial charge >= 0.3 is 5.63 Å². The second kappa shape index (κ2) is 9.04. The highest BCUT2D eigenvalue weighted by Crippen LogP contribution is 2.28. The second-order valence-electron chi connectivity index (χ2n) is 8.50. The van der Waals surface area contributed by atoms with E-state index < -0.39 is 5.63 Å². The van der Waals surface area contributed by atoms with E-state index in [0.717, 1.165) is 18.2 Å². The van der Waals surface area contributed by atoms with Crippen molar-refractivity contribution in [2.75, 3.05) is 20.3 Å². The summed E-state index contributed by atoms with van der Waals surface area (Å²) in [5.41, 5.74) is 0.881. The van der Waals surface area contributed by atoms with Gasteiger partial charge in [0.1, 0.15) is 5.75 Å². The van der Waals surface area contributed by atoms with Gasteiger partial charge in [0.25, 0.3) is 5.91 Å². The highest BCUT2D eigenvalue weighted by atomic mass is 16.5. The lowest BCUT2D eigenvalue weighted by Gasteiger charge is -2.35. The van der Waals surface area contributed by atoms with Crippen LogP contribution in [0.15, 0.2) is 57.7 Å². The first-order chi connectivity index (χ1) is 15.3. The lowest BCUT2D eigenvalue weighted by Crippen LogP contribution is -2.47. The summed E-state index contributed by atoms with van der Waals surface area (Å²) in [6.45, 7) is 4.61. The fraction of sp³-hybridized carbons (Fsp3) is 0.360. The summed E-state index contributed by atoms with van der Waals surface area (Å²) in [4.78, 5) is 24.8. The maximum absolute atomic E-state index is 12.5. The van der Waals surface area contributed by atoms with Crippen LogP contribution >= 0.6 is 0 Å². The lowest BCUT2D eigenvalue weighted by atomic mass is 9.94. The Morgan fingerprint density at radius 3 is 2.69 bits per heavy atom. The maximum Gasteiger partial charge on any atom is 0.344 e. The zero-order chi connectivity index (χ0) is 22.7. The smallest absolute Gasteiger partial charge is 0.344 e. The van der Waals surface area contributed by atoms with Crippen molar-refractivity contribution in [3.05, 3.63) is 59.0 Å². The summed E-state index contributed by atoms with van der Waals surface area (Å²) >= 11 is 0. The first-order valence-electron chi connectivity index (χ1n) is 10.6. The van der Waals surface area contributed by atoms with Crippen LogP contribution in [0.1, 0.15) is 26.7 Å². The van der Waals surface area contributed by atoms with Gasteiger partial charge in [-0.1, -0.05) is 24.3 Å². The van der Waals surface area contributed by atoms with Gasteiger partial charge in [-0.2, -0.15) is 0 Å². The number of amides is 1. The summed E-state index contributed by atoms with van der Waals surface area (Å²) in [5.74, 6) is 0.890. The van der Waals surface area contributed by atoms with E-state index in [1.54, 1.807) is 36.4 Å². The molecule has 0 radical (unpaired) electrons. The summed E-state index contributed by atoms with van der Waals surface area (Å²) in [5, 5.41) is 3.78. The van der Waals surface area contributed by atoms with Crippen LogP contribution in [0.4, 0.5) is 0 Å². The SMILES string of the molecule is COc1cccc2cc(-c3ccc(OCC(=O)NC4CCOC(C)(C)C4)cc3)c(=O)oc12. The molecule has 1 unspecified atom stereocenters. The molecule has 0 spiro atoms. The van der Waals surface area contributed by atoms with Crippen LogP contribution in [0, 0.1) is 0 Å². The molecule has 0 saturated carbocycles. The zero-order valence-electron chi connectivity index (χ0n) is 18.5. The molecule has 2 aromatic carbocycles. The van der Waals surface area contributed by atoms with E-state index in [1.165, 1.54) is 7.11 Å². The predicted molar refractivity (Wildman–Crippen MR) is 121 cm³/mol. The van der Waals surface area contributed by atoms with Crippen LogP contribution in [-0.2, 0) is 9.53 Å². The number of methoxy groups -OCH3 is 1. The predicted octanol–water partition coefficient (Wildman–Crippen LogP) is 3.92. The van der Waals surface area contributed by atoms with Crippen molar-refractivity contribution in [1.29, 1.82) is 0 Å². The van der Waals surface area contributed by atoms with Gasteiger partial charge in [0.15, 0.2) is 17.9 Å². The van der Waals surface area contributed by atoms with E-state index in [2.05, 4.69) is 5.32 Å². The minimum absolute atomic E-state index is 0.0744. The van der Waals surface area contributed by atoms with Crippen LogP contribution in [0.5, 0.6) is 11.5 Å². The first-order valence-corrected chi connectivity index (χ1v) is 10.6. The standard InChI is InChI=1S/C25H27NO6/c1-25(2)14-18(11-12-31-25)26-22(27)15-30-19-9-7-16(8-10-19)20-13-17-5-4-6-21(29-3)23(17)32-24(20)28/h4-10,13,18H,11-12,14-15H2,1-3H3,(H,26,27). The van der Waals surface area contributed by atoms with E-state index in [9.17, 15) is 9.59 Å². The zero-order valence-corrected chi connectivity index (χ0v) is 18.5. The Bertz CT molecular complexity index is 1170.